The number of benzene rings is 2. The molecule has 0 radical (unpaired) electrons. The number of furan rings is 1. The van der Waals surface area contributed by atoms with Crippen LogP contribution >= 0.6 is 11.3 Å². The van der Waals surface area contributed by atoms with Crippen LogP contribution in [0.3, 0.4) is 0 Å². The van der Waals surface area contributed by atoms with Crippen molar-refractivity contribution in [1.29, 1.82) is 15.8 Å². The van der Waals surface area contributed by atoms with Gasteiger partial charge in [0.25, 0.3) is 0 Å². The quantitative estimate of drug-likeness (QED) is 0.306. The molecule has 0 spiro atoms. The molecular formula is C25H10N4O2S. The number of fused-ring (bicyclic) bond motifs is 2. The molecule has 1 aliphatic rings. The Morgan fingerprint density at radius 2 is 1.72 bits per heavy atom. The summed E-state index contributed by atoms with van der Waals surface area (Å²) in [6.07, 6.45) is 1.56. The first kappa shape index (κ1) is 19.2. The Morgan fingerprint density at radius 3 is 2.38 bits per heavy atom. The molecule has 2 heterocycles. The predicted molar refractivity (Wildman–Crippen MR) is 119 cm³/mol. The molecule has 148 valence electrons. The van der Waals surface area contributed by atoms with Crippen molar-refractivity contribution in [1.82, 2.24) is 4.98 Å². The van der Waals surface area contributed by atoms with Crippen molar-refractivity contribution in [2.24, 2.45) is 0 Å². The number of hydrogen-bond acceptors (Lipinski definition) is 7. The molecule has 0 fully saturated rings. The average Bonchev–Trinajstić information content (AvgIpc) is 3.47. The molecule has 0 N–H and O–H groups in total. The van der Waals surface area contributed by atoms with Gasteiger partial charge < -0.3 is 4.42 Å². The van der Waals surface area contributed by atoms with Gasteiger partial charge in [-0.3, -0.25) is 4.79 Å². The van der Waals surface area contributed by atoms with Crippen LogP contribution in [-0.4, -0.2) is 10.8 Å². The van der Waals surface area contributed by atoms with Gasteiger partial charge >= 0.3 is 0 Å². The number of ketones is 1. The summed E-state index contributed by atoms with van der Waals surface area (Å²) in [4.78, 5) is 17.5. The summed E-state index contributed by atoms with van der Waals surface area (Å²) in [6, 6.07) is 21.7. The Morgan fingerprint density at radius 1 is 1.00 bits per heavy atom. The number of allylic oxidation sites excluding steroid dienone is 3. The van der Waals surface area contributed by atoms with Crippen LogP contribution in [0.2, 0.25) is 0 Å². The first-order valence-electron chi connectivity index (χ1n) is 9.44. The lowest BCUT2D eigenvalue weighted by atomic mass is 9.99. The molecular weight excluding hydrogens is 420 g/mol. The van der Waals surface area contributed by atoms with Crippen LogP contribution < -0.4 is 0 Å². The van der Waals surface area contributed by atoms with Crippen LogP contribution in [0.1, 0.15) is 27.2 Å². The molecule has 6 nitrogen and oxygen atoms in total. The van der Waals surface area contributed by atoms with Gasteiger partial charge in [-0.15, -0.1) is 11.3 Å². The van der Waals surface area contributed by atoms with E-state index in [1.165, 1.54) is 11.3 Å². The molecule has 0 atom stereocenters. The third-order valence-electron chi connectivity index (χ3n) is 5.08. The first-order valence-corrected chi connectivity index (χ1v) is 10.3. The summed E-state index contributed by atoms with van der Waals surface area (Å²) < 4.78 is 6.65. The second-order valence-electron chi connectivity index (χ2n) is 6.93. The van der Waals surface area contributed by atoms with Gasteiger partial charge in [0.05, 0.1) is 16.3 Å². The van der Waals surface area contributed by atoms with E-state index in [4.69, 9.17) is 9.68 Å². The molecule has 4 aromatic rings. The van der Waals surface area contributed by atoms with E-state index in [1.54, 1.807) is 48.5 Å². The smallest absolute Gasteiger partial charge is 0.238 e. The molecule has 0 saturated heterocycles. The maximum atomic E-state index is 13.0. The lowest BCUT2D eigenvalue weighted by Crippen LogP contribution is -1.95. The minimum atomic E-state index is -0.260. The molecule has 0 amide bonds. The fourth-order valence-electron chi connectivity index (χ4n) is 3.62. The summed E-state index contributed by atoms with van der Waals surface area (Å²) in [5.74, 6) is 0.151. The Kier molecular flexibility index (Phi) is 4.49. The van der Waals surface area contributed by atoms with Crippen molar-refractivity contribution >= 4 is 39.2 Å². The Hall–Kier alpha value is -4.77. The maximum absolute atomic E-state index is 13.0. The zero-order valence-corrected chi connectivity index (χ0v) is 17.1. The Labute approximate surface area is 186 Å². The van der Waals surface area contributed by atoms with E-state index >= 15 is 0 Å². The molecule has 0 unspecified atom stereocenters. The van der Waals surface area contributed by atoms with Crippen molar-refractivity contribution in [2.75, 3.05) is 0 Å². The number of carbonyl (C=O) groups is 1. The molecule has 0 aliphatic heterocycles. The molecule has 5 rings (SSSR count). The van der Waals surface area contributed by atoms with Crippen molar-refractivity contribution in [3.8, 4) is 28.8 Å². The highest BCUT2D eigenvalue weighted by atomic mass is 32.1. The van der Waals surface area contributed by atoms with Crippen molar-refractivity contribution in [2.45, 2.75) is 0 Å². The topological polar surface area (TPSA) is 114 Å². The lowest BCUT2D eigenvalue weighted by Gasteiger charge is -2.00. The standard InChI is InChI=1S/C25H10N4O2S/c26-11-14-5-7-15(8-6-14)25-29-24-21(32-25)10-17(31-24)9-20-22(16(12-27)13-28)18-3-1-2-4-19(18)23(20)30/h1-10H/b20-9-. The van der Waals surface area contributed by atoms with Crippen LogP contribution in [0.15, 0.2) is 70.2 Å². The van der Waals surface area contributed by atoms with Gasteiger partial charge in [0.2, 0.25) is 5.71 Å². The second kappa shape index (κ2) is 7.49. The maximum Gasteiger partial charge on any atom is 0.238 e. The van der Waals surface area contributed by atoms with Crippen molar-refractivity contribution in [3.05, 3.63) is 88.2 Å². The zero-order valence-electron chi connectivity index (χ0n) is 16.3. The second-order valence-corrected chi connectivity index (χ2v) is 7.96. The van der Waals surface area contributed by atoms with E-state index in [0.717, 1.165) is 15.3 Å². The van der Waals surface area contributed by atoms with Crippen LogP contribution in [-0.2, 0) is 0 Å². The third-order valence-corrected chi connectivity index (χ3v) is 6.12. The minimum Gasteiger partial charge on any atom is -0.437 e. The summed E-state index contributed by atoms with van der Waals surface area (Å²) in [5.41, 5.74) is 3.34. The number of carbonyl (C=O) groups excluding carboxylic acids is 1. The van der Waals surface area contributed by atoms with Gasteiger partial charge in [-0.05, 0) is 23.8 Å². The number of nitriles is 3. The third kappa shape index (κ3) is 3.00. The molecule has 2 aromatic heterocycles. The number of aromatic nitrogens is 1. The van der Waals surface area contributed by atoms with E-state index in [2.05, 4.69) is 11.1 Å². The van der Waals surface area contributed by atoms with Gasteiger partial charge in [-0.2, -0.15) is 15.8 Å². The van der Waals surface area contributed by atoms with Gasteiger partial charge in [-0.1, -0.05) is 36.4 Å². The summed E-state index contributed by atoms with van der Waals surface area (Å²) in [6.45, 7) is 0. The minimum absolute atomic E-state index is 0.121. The van der Waals surface area contributed by atoms with Crippen LogP contribution in [0.25, 0.3) is 32.6 Å². The van der Waals surface area contributed by atoms with Gasteiger partial charge in [0.1, 0.15) is 28.5 Å². The number of Topliss-reactive ketones (excluding diaryl/α,β-unsaturated/α-hetero) is 1. The predicted octanol–water partition coefficient (Wildman–Crippen LogP) is 5.51. The largest absolute Gasteiger partial charge is 0.437 e. The van der Waals surface area contributed by atoms with Gasteiger partial charge in [0.15, 0.2) is 5.78 Å². The molecule has 2 aromatic carbocycles. The average molecular weight is 430 g/mol. The van der Waals surface area contributed by atoms with E-state index in [0.29, 0.717) is 33.7 Å². The Balaban J connectivity index is 1.58. The van der Waals surface area contributed by atoms with Crippen LogP contribution in [0, 0.1) is 34.0 Å². The molecule has 7 heteroatoms. The highest BCUT2D eigenvalue weighted by Crippen LogP contribution is 2.40. The molecule has 1 aliphatic carbocycles. The van der Waals surface area contributed by atoms with Crippen LogP contribution in [0.5, 0.6) is 0 Å². The summed E-state index contributed by atoms with van der Waals surface area (Å²) in [7, 11) is 0. The van der Waals surface area contributed by atoms with Gasteiger partial charge in [-0.25, -0.2) is 4.98 Å². The summed E-state index contributed by atoms with van der Waals surface area (Å²) >= 11 is 1.43. The SMILES string of the molecule is N#CC(C#N)=C1/C(=C/c2cc3sc(-c4ccc(C#N)cc4)nc3o2)C(=O)c2ccccc21. The monoisotopic (exact) mass is 430 g/mol. The highest BCUT2D eigenvalue weighted by molar-refractivity contribution is 7.21. The molecule has 0 saturated carbocycles. The number of thiazole rings is 1. The summed E-state index contributed by atoms with van der Waals surface area (Å²) in [5, 5.41) is 28.5. The molecule has 0 bridgehead atoms. The number of rotatable bonds is 2. The molecule has 32 heavy (non-hydrogen) atoms. The zero-order chi connectivity index (χ0) is 22.2. The van der Waals surface area contributed by atoms with E-state index < -0.39 is 0 Å². The Bertz CT molecular complexity index is 1570. The number of nitrogens with zero attached hydrogens (tertiary/aromatic N) is 4. The van der Waals surface area contributed by atoms with Crippen molar-refractivity contribution in [3.63, 3.8) is 0 Å². The fourth-order valence-corrected chi connectivity index (χ4v) is 4.56. The lowest BCUT2D eigenvalue weighted by molar-refractivity contribution is 0.104. The first-order chi connectivity index (χ1) is 15.6. The highest BCUT2D eigenvalue weighted by Gasteiger charge is 2.32. The fraction of sp³-hybridized carbons (Fsp3) is 0. The van der Waals surface area contributed by atoms with Gasteiger partial charge in [0, 0.05) is 28.3 Å². The van der Waals surface area contributed by atoms with E-state index in [-0.39, 0.29) is 16.9 Å². The number of hydrogen-bond donors (Lipinski definition) is 0. The van der Waals surface area contributed by atoms with E-state index in [9.17, 15) is 15.3 Å². The van der Waals surface area contributed by atoms with Crippen LogP contribution in [0.4, 0.5) is 0 Å². The van der Waals surface area contributed by atoms with E-state index in [1.807, 2.05) is 24.3 Å². The normalized spacial score (nSPS) is 13.6. The van der Waals surface area contributed by atoms with Crippen molar-refractivity contribution < 1.29 is 9.21 Å².